The van der Waals surface area contributed by atoms with Gasteiger partial charge in [-0.3, -0.25) is 0 Å². The Labute approximate surface area is 79.2 Å². The number of aliphatic carboxylic acids is 1. The predicted molar refractivity (Wildman–Crippen MR) is 23.0 cm³/mol. The molecule has 0 aromatic heterocycles. The van der Waals surface area contributed by atoms with Gasteiger partial charge >= 0.3 is 56.8 Å². The molecule has 0 spiro atoms. The molecule has 0 rings (SSSR count). The molecule has 0 amide bonds. The summed E-state index contributed by atoms with van der Waals surface area (Å²) in [5, 5.41) is 8.89. The van der Waals surface area contributed by atoms with Gasteiger partial charge in [0.2, 0.25) is 0 Å². The Hall–Kier alpha value is 0.748. The summed E-state index contributed by atoms with van der Waals surface area (Å²) in [5.41, 5.74) is 0. The molecule has 0 bridgehead atoms. The second kappa shape index (κ2) is 11.5. The molecule has 0 aliphatic carbocycles. The third kappa shape index (κ3) is 711. The van der Waals surface area contributed by atoms with Crippen LogP contribution in [0.1, 0.15) is 6.92 Å². The SMILES string of the molecule is CC(=O)[O-].O=[AsH](O)O.[Na+]. The van der Waals surface area contributed by atoms with Gasteiger partial charge in [-0.25, -0.2) is 0 Å². The van der Waals surface area contributed by atoms with Crippen LogP contribution < -0.4 is 34.7 Å². The van der Waals surface area contributed by atoms with E-state index in [1.165, 1.54) is 0 Å². The summed E-state index contributed by atoms with van der Waals surface area (Å²) < 4.78 is 23.2. The molecule has 5 nitrogen and oxygen atoms in total. The van der Waals surface area contributed by atoms with E-state index in [1.54, 1.807) is 0 Å². The fraction of sp³-hybridized carbons (Fsp3) is 0.500. The predicted octanol–water partition coefficient (Wildman–Crippen LogP) is -6.12. The van der Waals surface area contributed by atoms with Crippen LogP contribution in [0, 0.1) is 0 Å². The molecule has 9 heavy (non-hydrogen) atoms. The van der Waals surface area contributed by atoms with E-state index in [4.69, 9.17) is 21.8 Å². The molecule has 0 radical (unpaired) electrons. The molecule has 0 aliphatic rings. The van der Waals surface area contributed by atoms with E-state index in [9.17, 15) is 0 Å². The van der Waals surface area contributed by atoms with Crippen molar-refractivity contribution in [1.29, 1.82) is 0 Å². The number of hydrogen-bond acceptors (Lipinski definition) is 3. The van der Waals surface area contributed by atoms with Crippen molar-refractivity contribution in [3.8, 4) is 0 Å². The van der Waals surface area contributed by atoms with Crippen LogP contribution in [0.4, 0.5) is 0 Å². The molecular weight excluding hydrogens is 202 g/mol. The van der Waals surface area contributed by atoms with Gasteiger partial charge in [-0.05, 0) is 6.92 Å². The van der Waals surface area contributed by atoms with Crippen molar-refractivity contribution < 1.29 is 51.4 Å². The minimum atomic E-state index is -3.58. The Bertz CT molecular complexity index is 73.0. The maximum Gasteiger partial charge on any atom is 1.00 e. The van der Waals surface area contributed by atoms with E-state index in [1.807, 2.05) is 0 Å². The first-order valence-electron chi connectivity index (χ1n) is 1.56. The van der Waals surface area contributed by atoms with Crippen LogP contribution in [0.2, 0.25) is 0 Å². The first-order chi connectivity index (χ1) is 3.46. The third-order valence-corrected chi connectivity index (χ3v) is 0. The number of hydrogen-bond donors (Lipinski definition) is 2. The topological polar surface area (TPSA) is 97.7 Å². The van der Waals surface area contributed by atoms with Crippen LogP contribution in [0.3, 0.4) is 0 Å². The van der Waals surface area contributed by atoms with Crippen LogP contribution >= 0.6 is 0 Å². The summed E-state index contributed by atoms with van der Waals surface area (Å²) in [5.74, 6) is -1.08. The van der Waals surface area contributed by atoms with E-state index in [-0.39, 0.29) is 29.6 Å². The molecular formula is C2H6AsNaO5. The third-order valence-electron chi connectivity index (χ3n) is 0. The van der Waals surface area contributed by atoms with Crippen molar-refractivity contribution in [1.82, 2.24) is 0 Å². The fourth-order valence-corrected chi connectivity index (χ4v) is 0. The number of rotatable bonds is 0. The van der Waals surface area contributed by atoms with E-state index in [0.717, 1.165) is 6.92 Å². The molecule has 7 heteroatoms. The Kier molecular flexibility index (Phi) is 21.0. The monoisotopic (exact) mass is 208 g/mol. The van der Waals surface area contributed by atoms with Gasteiger partial charge in [0.1, 0.15) is 0 Å². The minimum absolute atomic E-state index is 0. The van der Waals surface area contributed by atoms with Gasteiger partial charge in [0.15, 0.2) is 0 Å². The van der Waals surface area contributed by atoms with Gasteiger partial charge < -0.3 is 9.90 Å². The Morgan fingerprint density at radius 2 is 1.56 bits per heavy atom. The molecule has 0 fully saturated rings. The summed E-state index contributed by atoms with van der Waals surface area (Å²) in [7, 11) is 0. The first-order valence-corrected chi connectivity index (χ1v) is 4.29. The normalized spacial score (nSPS) is 6.67. The minimum Gasteiger partial charge on any atom is 1.00 e. The maximum atomic E-state index is 8.89. The maximum absolute atomic E-state index is 8.89. The Balaban J connectivity index is -0.0000000720. The fourth-order valence-electron chi connectivity index (χ4n) is 0. The molecule has 0 heterocycles. The molecule has 0 aromatic carbocycles. The quantitative estimate of drug-likeness (QED) is 0.386. The van der Waals surface area contributed by atoms with E-state index in [0.29, 0.717) is 0 Å². The summed E-state index contributed by atoms with van der Waals surface area (Å²) in [6, 6.07) is 0. The molecule has 0 atom stereocenters. The molecule has 0 aliphatic heterocycles. The molecule has 0 saturated heterocycles. The van der Waals surface area contributed by atoms with Gasteiger partial charge in [0.05, 0.1) is 0 Å². The van der Waals surface area contributed by atoms with Gasteiger partial charge in [0, 0.05) is 5.97 Å². The number of carbonyl (C=O) groups is 1. The molecule has 0 aromatic rings. The number of carboxylic acids is 1. The average molecular weight is 208 g/mol. The van der Waals surface area contributed by atoms with Gasteiger partial charge in [-0.2, -0.15) is 0 Å². The zero-order chi connectivity index (χ0) is 7.15. The number of carboxylic acid groups (broad SMARTS) is 1. The number of carbonyl (C=O) groups excluding carboxylic acids is 1. The van der Waals surface area contributed by atoms with Crippen LogP contribution in [0.15, 0.2) is 0 Å². The van der Waals surface area contributed by atoms with E-state index in [2.05, 4.69) is 0 Å². The first kappa shape index (κ1) is 16.4. The zero-order valence-electron chi connectivity index (χ0n) is 5.12. The summed E-state index contributed by atoms with van der Waals surface area (Å²) in [4.78, 5) is 8.89. The Morgan fingerprint density at radius 3 is 1.56 bits per heavy atom. The van der Waals surface area contributed by atoms with Crippen molar-refractivity contribution in [2.24, 2.45) is 0 Å². The van der Waals surface area contributed by atoms with Crippen LogP contribution in [-0.2, 0) is 8.53 Å². The van der Waals surface area contributed by atoms with Crippen molar-refractivity contribution in [3.05, 3.63) is 0 Å². The summed E-state index contributed by atoms with van der Waals surface area (Å²) in [6.07, 6.45) is 0. The molecule has 50 valence electrons. The summed E-state index contributed by atoms with van der Waals surface area (Å²) >= 11 is -3.58. The van der Waals surface area contributed by atoms with Gasteiger partial charge in [-0.15, -0.1) is 0 Å². The largest absolute Gasteiger partial charge is 1.00 e. The Morgan fingerprint density at radius 1 is 1.56 bits per heavy atom. The average Bonchev–Trinajstić information content (AvgIpc) is 1.25. The van der Waals surface area contributed by atoms with Gasteiger partial charge in [-0.1, -0.05) is 0 Å². The van der Waals surface area contributed by atoms with Crippen LogP contribution in [0.25, 0.3) is 0 Å². The van der Waals surface area contributed by atoms with Crippen LogP contribution in [0.5, 0.6) is 0 Å². The van der Waals surface area contributed by atoms with Gasteiger partial charge in [0.25, 0.3) is 0 Å². The van der Waals surface area contributed by atoms with Crippen LogP contribution in [-0.4, -0.2) is 29.4 Å². The molecule has 0 saturated carbocycles. The van der Waals surface area contributed by atoms with Crippen molar-refractivity contribution in [2.75, 3.05) is 0 Å². The van der Waals surface area contributed by atoms with E-state index >= 15 is 0 Å². The molecule has 0 unspecified atom stereocenters. The van der Waals surface area contributed by atoms with E-state index < -0.39 is 21.2 Å². The second-order valence-electron chi connectivity index (χ2n) is 0.774. The standard InChI is InChI=1S/C2H4O2.AsH3O3.Na/c1-2(3)4;2-1(3)4;/h1H3,(H,3,4);1H,(H2,2,3,4);/q;;+1/p-1. The molecule has 2 N–H and O–H groups in total. The van der Waals surface area contributed by atoms with Crippen molar-refractivity contribution >= 4 is 21.2 Å². The van der Waals surface area contributed by atoms with Crippen molar-refractivity contribution in [2.45, 2.75) is 6.92 Å². The zero-order valence-corrected chi connectivity index (χ0v) is 9.22. The summed E-state index contributed by atoms with van der Waals surface area (Å²) in [6.45, 7) is 0.972. The second-order valence-corrected chi connectivity index (χ2v) is 1.96. The van der Waals surface area contributed by atoms with Crippen molar-refractivity contribution in [3.63, 3.8) is 0 Å². The smallest absolute Gasteiger partial charge is 1.00 e.